The molecule has 0 fully saturated rings. The summed E-state index contributed by atoms with van der Waals surface area (Å²) in [5.41, 5.74) is 15.2. The molecule has 0 bridgehead atoms. The fourth-order valence-electron chi connectivity index (χ4n) is 3.77. The Hall–Kier alpha value is -2.38. The van der Waals surface area contributed by atoms with Crippen molar-refractivity contribution in [2.45, 2.75) is 58.9 Å². The Morgan fingerprint density at radius 3 is 1.46 bits per heavy atom. The summed E-state index contributed by atoms with van der Waals surface area (Å²) in [6, 6.07) is 24.2. The first kappa shape index (κ1) is 20.4. The molecule has 3 rings (SSSR count). The maximum absolute atomic E-state index is 6.05. The van der Waals surface area contributed by atoms with Crippen molar-refractivity contribution in [3.63, 3.8) is 0 Å². The van der Waals surface area contributed by atoms with Crippen LogP contribution in [0.3, 0.4) is 0 Å². The second-order valence-corrected chi connectivity index (χ2v) is 9.71. The Labute approximate surface area is 170 Å². The minimum absolute atomic E-state index is 0.0403. The Balaban J connectivity index is 2.22. The van der Waals surface area contributed by atoms with E-state index in [-0.39, 0.29) is 10.8 Å². The van der Waals surface area contributed by atoms with Gasteiger partial charge in [-0.2, -0.15) is 0 Å². The van der Waals surface area contributed by atoms with Crippen LogP contribution in [0.25, 0.3) is 22.3 Å². The van der Waals surface area contributed by atoms with Crippen molar-refractivity contribution >= 4 is 0 Å². The minimum atomic E-state index is 0.0403. The molecule has 28 heavy (non-hydrogen) atoms. The van der Waals surface area contributed by atoms with Crippen LogP contribution >= 0.6 is 0 Å². The molecule has 146 valence electrons. The van der Waals surface area contributed by atoms with Crippen LogP contribution in [-0.4, -0.2) is 0 Å². The molecule has 0 aliphatic rings. The maximum Gasteiger partial charge on any atom is 0.0178 e. The van der Waals surface area contributed by atoms with Gasteiger partial charge >= 0.3 is 0 Å². The fraction of sp³-hybridized carbons (Fsp3) is 0.333. The van der Waals surface area contributed by atoms with Crippen LogP contribution < -0.4 is 5.73 Å². The van der Waals surface area contributed by atoms with Crippen molar-refractivity contribution in [2.24, 2.45) is 5.73 Å². The third-order valence-electron chi connectivity index (χ3n) is 5.33. The predicted octanol–water partition coefficient (Wildman–Crippen LogP) is 7.07. The molecule has 3 aromatic rings. The number of benzene rings is 3. The zero-order valence-electron chi connectivity index (χ0n) is 18.1. The van der Waals surface area contributed by atoms with E-state index in [1.165, 1.54) is 38.9 Å². The Morgan fingerprint density at radius 2 is 1.04 bits per heavy atom. The van der Waals surface area contributed by atoms with Crippen LogP contribution in [0.2, 0.25) is 0 Å². The molecule has 0 atom stereocenters. The van der Waals surface area contributed by atoms with E-state index in [0.29, 0.717) is 6.54 Å². The van der Waals surface area contributed by atoms with Gasteiger partial charge in [0.1, 0.15) is 0 Å². The molecule has 1 heteroatoms. The summed E-state index contributed by atoms with van der Waals surface area (Å²) in [4.78, 5) is 0. The lowest BCUT2D eigenvalue weighted by atomic mass is 9.73. The highest BCUT2D eigenvalue weighted by Gasteiger charge is 2.27. The molecule has 0 amide bonds. The van der Waals surface area contributed by atoms with Crippen LogP contribution in [0.5, 0.6) is 0 Å². The van der Waals surface area contributed by atoms with E-state index in [1.54, 1.807) is 0 Å². The molecule has 0 saturated heterocycles. The average Bonchev–Trinajstić information content (AvgIpc) is 2.66. The molecule has 0 aliphatic carbocycles. The maximum atomic E-state index is 6.05. The highest BCUT2D eigenvalue weighted by atomic mass is 14.5. The molecule has 3 aromatic carbocycles. The van der Waals surface area contributed by atoms with Gasteiger partial charge in [0.25, 0.3) is 0 Å². The summed E-state index contributed by atoms with van der Waals surface area (Å²) in [5, 5.41) is 0. The molecule has 0 saturated carbocycles. The zero-order chi connectivity index (χ0) is 20.5. The van der Waals surface area contributed by atoms with Crippen molar-refractivity contribution in [3.8, 4) is 22.3 Å². The van der Waals surface area contributed by atoms with Crippen LogP contribution in [0.4, 0.5) is 0 Å². The molecule has 2 N–H and O–H groups in total. The summed E-state index contributed by atoms with van der Waals surface area (Å²) in [6.45, 7) is 14.3. The molecule has 0 aromatic heterocycles. The van der Waals surface area contributed by atoms with E-state index in [4.69, 9.17) is 5.73 Å². The van der Waals surface area contributed by atoms with Crippen LogP contribution in [0, 0.1) is 0 Å². The van der Waals surface area contributed by atoms with E-state index < -0.39 is 0 Å². The molecule has 1 nitrogen and oxygen atoms in total. The predicted molar refractivity (Wildman–Crippen MR) is 123 cm³/mol. The molecule has 0 aliphatic heterocycles. The lowest BCUT2D eigenvalue weighted by Crippen LogP contribution is -2.20. The van der Waals surface area contributed by atoms with Gasteiger partial charge in [-0.05, 0) is 49.8 Å². The van der Waals surface area contributed by atoms with Gasteiger partial charge in [0.2, 0.25) is 0 Å². The number of nitrogens with two attached hydrogens (primary N) is 1. The van der Waals surface area contributed by atoms with Gasteiger partial charge in [-0.25, -0.2) is 0 Å². The van der Waals surface area contributed by atoms with Crippen molar-refractivity contribution in [1.29, 1.82) is 0 Å². The molecular formula is C27H33N. The third kappa shape index (κ3) is 4.20. The Kier molecular flexibility index (Phi) is 5.50. The largest absolute Gasteiger partial charge is 0.326 e. The van der Waals surface area contributed by atoms with Gasteiger partial charge in [0, 0.05) is 6.54 Å². The molecule has 0 radical (unpaired) electrons. The summed E-state index contributed by atoms with van der Waals surface area (Å²) < 4.78 is 0. The first-order valence-corrected chi connectivity index (χ1v) is 10.1. The minimum Gasteiger partial charge on any atom is -0.326 e. The quantitative estimate of drug-likeness (QED) is 0.523. The second-order valence-electron chi connectivity index (χ2n) is 9.71. The summed E-state index contributed by atoms with van der Waals surface area (Å²) in [6.07, 6.45) is 0. The van der Waals surface area contributed by atoms with Gasteiger partial charge < -0.3 is 5.73 Å². The highest BCUT2D eigenvalue weighted by Crippen LogP contribution is 2.41. The van der Waals surface area contributed by atoms with Gasteiger partial charge in [-0.15, -0.1) is 0 Å². The smallest absolute Gasteiger partial charge is 0.0178 e. The average molecular weight is 372 g/mol. The zero-order valence-corrected chi connectivity index (χ0v) is 18.1. The highest BCUT2D eigenvalue weighted by molar-refractivity contribution is 5.77. The molecule has 0 heterocycles. The topological polar surface area (TPSA) is 26.0 Å². The summed E-state index contributed by atoms with van der Waals surface area (Å²) >= 11 is 0. The Morgan fingerprint density at radius 1 is 0.607 bits per heavy atom. The van der Waals surface area contributed by atoms with Gasteiger partial charge in [0.05, 0.1) is 0 Å². The van der Waals surface area contributed by atoms with E-state index in [2.05, 4.69) is 108 Å². The molecule has 0 spiro atoms. The lowest BCUT2D eigenvalue weighted by Gasteiger charge is -2.31. The van der Waals surface area contributed by atoms with Gasteiger partial charge in [0.15, 0.2) is 0 Å². The molecule has 0 unspecified atom stereocenters. The summed E-state index contributed by atoms with van der Waals surface area (Å²) in [5.74, 6) is 0. The van der Waals surface area contributed by atoms with Gasteiger partial charge in [-0.1, -0.05) is 108 Å². The first-order chi connectivity index (χ1) is 13.1. The van der Waals surface area contributed by atoms with Crippen LogP contribution in [0.1, 0.15) is 58.2 Å². The van der Waals surface area contributed by atoms with E-state index in [9.17, 15) is 0 Å². The van der Waals surface area contributed by atoms with Crippen molar-refractivity contribution in [2.75, 3.05) is 0 Å². The first-order valence-electron chi connectivity index (χ1n) is 10.1. The van der Waals surface area contributed by atoms with Gasteiger partial charge in [-0.3, -0.25) is 0 Å². The summed E-state index contributed by atoms with van der Waals surface area (Å²) in [7, 11) is 0. The Bertz CT molecular complexity index is 901. The van der Waals surface area contributed by atoms with E-state index in [1.807, 2.05) is 0 Å². The fourth-order valence-corrected chi connectivity index (χ4v) is 3.77. The second kappa shape index (κ2) is 7.56. The van der Waals surface area contributed by atoms with Crippen LogP contribution in [-0.2, 0) is 17.4 Å². The lowest BCUT2D eigenvalue weighted by molar-refractivity contribution is 0.570. The SMILES string of the molecule is CC(C)(C)c1cc(CN)cc(C(C)(C)C)c1-c1ccc(-c2ccccc2)cc1. The number of rotatable bonds is 3. The normalized spacial score (nSPS) is 12.2. The number of hydrogen-bond donors (Lipinski definition) is 1. The monoisotopic (exact) mass is 371 g/mol. The van der Waals surface area contributed by atoms with E-state index in [0.717, 1.165) is 0 Å². The van der Waals surface area contributed by atoms with Crippen molar-refractivity contribution in [1.82, 2.24) is 0 Å². The van der Waals surface area contributed by atoms with E-state index >= 15 is 0 Å². The third-order valence-corrected chi connectivity index (χ3v) is 5.33. The van der Waals surface area contributed by atoms with Crippen molar-refractivity contribution in [3.05, 3.63) is 83.4 Å². The van der Waals surface area contributed by atoms with Crippen LogP contribution in [0.15, 0.2) is 66.7 Å². The standard InChI is InChI=1S/C27H33N/c1-26(2,3)23-16-19(18-28)17-24(27(4,5)6)25(23)22-14-12-21(13-15-22)20-10-8-7-9-11-20/h7-17H,18,28H2,1-6H3. The number of hydrogen-bond acceptors (Lipinski definition) is 1. The van der Waals surface area contributed by atoms with Crippen molar-refractivity contribution < 1.29 is 0 Å². The molecular weight excluding hydrogens is 338 g/mol.